The number of aryl methyl sites for hydroxylation is 1. The molecular formula is C28H25N7O2. The fourth-order valence-electron chi connectivity index (χ4n) is 4.57. The van der Waals surface area contributed by atoms with Crippen molar-refractivity contribution >= 4 is 34.1 Å². The Morgan fingerprint density at radius 1 is 1.11 bits per heavy atom. The third-order valence-electron chi connectivity index (χ3n) is 6.47. The van der Waals surface area contributed by atoms with Crippen LogP contribution in [-0.2, 0) is 16.1 Å². The first-order chi connectivity index (χ1) is 17.9. The van der Waals surface area contributed by atoms with Crippen molar-refractivity contribution in [2.24, 2.45) is 0 Å². The Morgan fingerprint density at radius 2 is 1.89 bits per heavy atom. The van der Waals surface area contributed by atoms with Gasteiger partial charge in [0.15, 0.2) is 5.54 Å². The van der Waals surface area contributed by atoms with Crippen LogP contribution in [0.25, 0.3) is 21.9 Å². The number of benzene rings is 2. The number of nitrogen functional groups attached to an aromatic ring is 1. The van der Waals surface area contributed by atoms with Crippen molar-refractivity contribution < 1.29 is 9.59 Å². The van der Waals surface area contributed by atoms with Gasteiger partial charge in [0.1, 0.15) is 5.82 Å². The van der Waals surface area contributed by atoms with Crippen LogP contribution in [0.5, 0.6) is 0 Å². The van der Waals surface area contributed by atoms with Crippen molar-refractivity contribution in [1.82, 2.24) is 20.2 Å². The normalized spacial score (nSPS) is 14.4. The molecule has 0 spiro atoms. The zero-order valence-corrected chi connectivity index (χ0v) is 20.2. The lowest BCUT2D eigenvalue weighted by Crippen LogP contribution is -2.70. The van der Waals surface area contributed by atoms with Gasteiger partial charge in [-0.15, -0.1) is 0 Å². The van der Waals surface area contributed by atoms with Crippen LogP contribution in [0.3, 0.4) is 0 Å². The number of fused-ring (bicyclic) bond motifs is 1. The van der Waals surface area contributed by atoms with Gasteiger partial charge in [-0.05, 0) is 53.3 Å². The summed E-state index contributed by atoms with van der Waals surface area (Å²) in [5.41, 5.74) is 9.70. The van der Waals surface area contributed by atoms with E-state index in [0.29, 0.717) is 25.3 Å². The molecule has 9 nitrogen and oxygen atoms in total. The first kappa shape index (κ1) is 23.9. The molecule has 0 saturated carbocycles. The van der Waals surface area contributed by atoms with Crippen LogP contribution in [0.4, 0.5) is 11.5 Å². The average molecular weight is 492 g/mol. The number of carbonyl (C=O) groups is 2. The Bertz CT molecular complexity index is 1540. The molecule has 1 saturated heterocycles. The van der Waals surface area contributed by atoms with Crippen molar-refractivity contribution in [2.75, 3.05) is 24.1 Å². The number of likely N-dealkylation sites (tertiary alicyclic amines) is 1. The molecule has 1 fully saturated rings. The Kier molecular flexibility index (Phi) is 6.26. The minimum absolute atomic E-state index is 0.206. The molecule has 4 N–H and O–H groups in total. The second kappa shape index (κ2) is 9.68. The maximum atomic E-state index is 12.6. The fraction of sp³-hybridized carbons (Fsp3) is 0.179. The van der Waals surface area contributed by atoms with Crippen LogP contribution in [-0.4, -0.2) is 45.3 Å². The van der Waals surface area contributed by atoms with E-state index < -0.39 is 17.4 Å². The van der Waals surface area contributed by atoms with Crippen LogP contribution >= 0.6 is 0 Å². The lowest BCUT2D eigenvalue weighted by molar-refractivity contribution is -0.138. The average Bonchev–Trinajstić information content (AvgIpc) is 2.87. The van der Waals surface area contributed by atoms with E-state index in [1.165, 1.54) is 0 Å². The van der Waals surface area contributed by atoms with Gasteiger partial charge >= 0.3 is 11.8 Å². The van der Waals surface area contributed by atoms with E-state index >= 15 is 0 Å². The number of rotatable bonds is 5. The maximum Gasteiger partial charge on any atom is 0.314 e. The van der Waals surface area contributed by atoms with E-state index in [0.717, 1.165) is 33.0 Å². The molecule has 5 rings (SSSR count). The lowest BCUT2D eigenvalue weighted by Gasteiger charge is -2.45. The predicted molar refractivity (Wildman–Crippen MR) is 141 cm³/mol. The highest BCUT2D eigenvalue weighted by atomic mass is 16.2. The first-order valence-corrected chi connectivity index (χ1v) is 11.8. The molecule has 184 valence electrons. The van der Waals surface area contributed by atoms with E-state index in [1.54, 1.807) is 24.7 Å². The molecule has 0 bridgehead atoms. The van der Waals surface area contributed by atoms with Gasteiger partial charge in [0, 0.05) is 54.9 Å². The Hall–Kier alpha value is -4.81. The van der Waals surface area contributed by atoms with Gasteiger partial charge in [-0.1, -0.05) is 30.3 Å². The van der Waals surface area contributed by atoms with E-state index in [-0.39, 0.29) is 5.82 Å². The molecule has 2 aromatic heterocycles. The van der Waals surface area contributed by atoms with Gasteiger partial charge in [0.25, 0.3) is 0 Å². The molecule has 1 aliphatic heterocycles. The molecule has 0 unspecified atom stereocenters. The Labute approximate surface area is 213 Å². The van der Waals surface area contributed by atoms with E-state index in [4.69, 9.17) is 5.73 Å². The summed E-state index contributed by atoms with van der Waals surface area (Å²) in [5, 5.41) is 16.3. The van der Waals surface area contributed by atoms with Crippen molar-refractivity contribution in [2.45, 2.75) is 19.0 Å². The van der Waals surface area contributed by atoms with Crippen LogP contribution in [0, 0.1) is 18.3 Å². The first-order valence-electron chi connectivity index (χ1n) is 11.8. The van der Waals surface area contributed by atoms with E-state index in [1.807, 2.05) is 60.4 Å². The van der Waals surface area contributed by atoms with Gasteiger partial charge in [-0.3, -0.25) is 19.5 Å². The van der Waals surface area contributed by atoms with Crippen LogP contribution in [0.2, 0.25) is 0 Å². The number of nitrogens with two attached hydrogens (primary N) is 1. The summed E-state index contributed by atoms with van der Waals surface area (Å²) < 4.78 is 0. The number of nitriles is 1. The minimum atomic E-state index is -1.11. The SMILES string of the molecule is Cc1ccncc1-c1cc(N)c2cnc(NC(=O)C(=O)NC3(C#N)CN(Cc4ccccc4)C3)cc2c1. The van der Waals surface area contributed by atoms with Gasteiger partial charge in [0.2, 0.25) is 0 Å². The molecule has 0 aliphatic carbocycles. The van der Waals surface area contributed by atoms with Gasteiger partial charge in [-0.2, -0.15) is 5.26 Å². The molecule has 0 radical (unpaired) electrons. The highest BCUT2D eigenvalue weighted by Gasteiger charge is 2.45. The van der Waals surface area contributed by atoms with Gasteiger partial charge in [0.05, 0.1) is 6.07 Å². The van der Waals surface area contributed by atoms with Crippen molar-refractivity contribution in [3.63, 3.8) is 0 Å². The second-order valence-corrected chi connectivity index (χ2v) is 9.28. The minimum Gasteiger partial charge on any atom is -0.398 e. The van der Waals surface area contributed by atoms with Crippen LogP contribution in [0.1, 0.15) is 11.1 Å². The molecule has 1 aliphatic rings. The van der Waals surface area contributed by atoms with Crippen LogP contribution in [0.15, 0.2) is 73.2 Å². The summed E-state index contributed by atoms with van der Waals surface area (Å²) in [5.74, 6) is -1.57. The third-order valence-corrected chi connectivity index (χ3v) is 6.47. The number of nitrogens with zero attached hydrogens (tertiary/aromatic N) is 4. The number of nitrogens with one attached hydrogen (secondary N) is 2. The highest BCUT2D eigenvalue weighted by Crippen LogP contribution is 2.31. The maximum absolute atomic E-state index is 12.6. The van der Waals surface area contributed by atoms with E-state index in [9.17, 15) is 14.9 Å². The third kappa shape index (κ3) is 4.96. The smallest absolute Gasteiger partial charge is 0.314 e. The number of hydrogen-bond donors (Lipinski definition) is 3. The number of hydrogen-bond acceptors (Lipinski definition) is 7. The van der Waals surface area contributed by atoms with Crippen LogP contribution < -0.4 is 16.4 Å². The highest BCUT2D eigenvalue weighted by molar-refractivity contribution is 6.39. The molecule has 3 heterocycles. The quantitative estimate of drug-likeness (QED) is 0.288. The Morgan fingerprint density at radius 3 is 2.62 bits per heavy atom. The largest absolute Gasteiger partial charge is 0.398 e. The fourth-order valence-corrected chi connectivity index (χ4v) is 4.57. The van der Waals surface area contributed by atoms with Crippen molar-refractivity contribution in [3.8, 4) is 17.2 Å². The molecular weight excluding hydrogens is 466 g/mol. The second-order valence-electron chi connectivity index (χ2n) is 9.28. The number of amides is 2. The summed E-state index contributed by atoms with van der Waals surface area (Å²) in [6, 6.07) is 19.4. The molecule has 4 aromatic rings. The Balaban J connectivity index is 1.27. The molecule has 9 heteroatoms. The summed E-state index contributed by atoms with van der Waals surface area (Å²) in [6.45, 7) is 3.32. The summed E-state index contributed by atoms with van der Waals surface area (Å²) in [7, 11) is 0. The zero-order valence-electron chi connectivity index (χ0n) is 20.2. The molecule has 0 atom stereocenters. The molecule has 2 aromatic carbocycles. The summed E-state index contributed by atoms with van der Waals surface area (Å²) in [6.07, 6.45) is 5.06. The summed E-state index contributed by atoms with van der Waals surface area (Å²) >= 11 is 0. The van der Waals surface area contributed by atoms with E-state index in [2.05, 4.69) is 26.7 Å². The van der Waals surface area contributed by atoms with Gasteiger partial charge < -0.3 is 16.4 Å². The lowest BCUT2D eigenvalue weighted by atomic mass is 9.90. The van der Waals surface area contributed by atoms with Gasteiger partial charge in [-0.25, -0.2) is 4.98 Å². The number of aromatic nitrogens is 2. The topological polar surface area (TPSA) is 137 Å². The molecule has 37 heavy (non-hydrogen) atoms. The molecule has 2 amide bonds. The monoisotopic (exact) mass is 491 g/mol. The number of pyridine rings is 2. The van der Waals surface area contributed by atoms with Crippen molar-refractivity contribution in [3.05, 3.63) is 84.3 Å². The van der Waals surface area contributed by atoms with Crippen molar-refractivity contribution in [1.29, 1.82) is 5.26 Å². The predicted octanol–water partition coefficient (Wildman–Crippen LogP) is 3.02. The standard InChI is InChI=1S/C28H25N7O2/c1-18-7-8-31-12-22(18)20-9-21-11-25(32-13-23(21)24(30)10-20)33-26(36)27(37)34-28(15-29)16-35(17-28)14-19-5-3-2-4-6-19/h2-13H,14,16-17,30H2,1H3,(H,34,37)(H,32,33,36). The number of carbonyl (C=O) groups excluding carboxylic acids is 2. The zero-order chi connectivity index (χ0) is 26.0. The summed E-state index contributed by atoms with van der Waals surface area (Å²) in [4.78, 5) is 35.7. The number of anilines is 2.